The van der Waals surface area contributed by atoms with Gasteiger partial charge in [-0.2, -0.15) is 10.4 Å². The maximum atomic E-state index is 13.1. The lowest BCUT2D eigenvalue weighted by Crippen LogP contribution is -2.29. The largest absolute Gasteiger partial charge is 0.465 e. The summed E-state index contributed by atoms with van der Waals surface area (Å²) in [5.74, 6) is -1.03. The number of likely N-dealkylation sites (tertiary alicyclic amines) is 1. The molecule has 2 aromatic rings. The van der Waals surface area contributed by atoms with Gasteiger partial charge in [0.05, 0.1) is 18.5 Å². The van der Waals surface area contributed by atoms with E-state index in [4.69, 9.17) is 10.8 Å². The van der Waals surface area contributed by atoms with Crippen LogP contribution in [-0.4, -0.2) is 44.9 Å². The van der Waals surface area contributed by atoms with Crippen molar-refractivity contribution in [2.24, 2.45) is 11.7 Å². The van der Waals surface area contributed by atoms with Crippen molar-refractivity contribution in [1.82, 2.24) is 14.7 Å². The molecule has 4 N–H and O–H groups in total. The highest BCUT2D eigenvalue weighted by Crippen LogP contribution is 2.32. The summed E-state index contributed by atoms with van der Waals surface area (Å²) in [4.78, 5) is 24.3. The van der Waals surface area contributed by atoms with Crippen LogP contribution in [0.3, 0.4) is 0 Å². The van der Waals surface area contributed by atoms with Gasteiger partial charge in [0.15, 0.2) is 5.82 Å². The number of hydrogen-bond acceptors (Lipinski definition) is 5. The number of aromatic nitrogens is 2. The topological polar surface area (TPSA) is 137 Å². The summed E-state index contributed by atoms with van der Waals surface area (Å²) in [5.41, 5.74) is 6.09. The van der Waals surface area contributed by atoms with E-state index < -0.39 is 23.9 Å². The molecule has 0 aliphatic carbocycles. The zero-order valence-electron chi connectivity index (χ0n) is 14.9. The zero-order chi connectivity index (χ0) is 20.3. The van der Waals surface area contributed by atoms with E-state index >= 15 is 0 Å². The number of benzene rings is 1. The van der Waals surface area contributed by atoms with Crippen molar-refractivity contribution in [3.8, 4) is 6.07 Å². The van der Waals surface area contributed by atoms with Crippen molar-refractivity contribution in [2.75, 3.05) is 18.4 Å². The molecule has 2 amide bonds. The third-order valence-corrected chi connectivity index (χ3v) is 4.78. The second kappa shape index (κ2) is 7.96. The molecule has 1 aliphatic heterocycles. The first kappa shape index (κ1) is 19.2. The number of primary amides is 1. The minimum Gasteiger partial charge on any atom is -0.465 e. The Hall–Kier alpha value is -3.61. The first-order valence-corrected chi connectivity index (χ1v) is 8.65. The van der Waals surface area contributed by atoms with Gasteiger partial charge in [-0.15, -0.1) is 0 Å². The summed E-state index contributed by atoms with van der Waals surface area (Å²) in [7, 11) is 0. The van der Waals surface area contributed by atoms with E-state index in [9.17, 15) is 19.2 Å². The van der Waals surface area contributed by atoms with Gasteiger partial charge in [0.2, 0.25) is 0 Å². The number of carbonyl (C=O) groups is 2. The molecular weight excluding hydrogens is 367 g/mol. The van der Waals surface area contributed by atoms with Crippen molar-refractivity contribution in [2.45, 2.75) is 18.9 Å². The lowest BCUT2D eigenvalue weighted by molar-refractivity contribution is 0.100. The van der Waals surface area contributed by atoms with Crippen LogP contribution in [0.2, 0.25) is 0 Å². The van der Waals surface area contributed by atoms with Gasteiger partial charge in [-0.05, 0) is 30.7 Å². The number of nitrogens with one attached hydrogen (secondary N) is 1. The molecule has 1 aliphatic rings. The highest BCUT2D eigenvalue weighted by atomic mass is 19.1. The van der Waals surface area contributed by atoms with Gasteiger partial charge >= 0.3 is 6.09 Å². The van der Waals surface area contributed by atoms with Crippen molar-refractivity contribution in [1.29, 1.82) is 5.26 Å². The van der Waals surface area contributed by atoms with Gasteiger partial charge in [0.25, 0.3) is 5.91 Å². The molecule has 0 radical (unpaired) electrons. The Labute approximate surface area is 160 Å². The number of halogens is 1. The summed E-state index contributed by atoms with van der Waals surface area (Å²) < 4.78 is 14.6. The maximum Gasteiger partial charge on any atom is 0.407 e. The highest BCUT2D eigenvalue weighted by molar-refractivity contribution is 5.98. The average Bonchev–Trinajstić information content (AvgIpc) is 3.29. The van der Waals surface area contributed by atoms with Gasteiger partial charge in [-0.1, -0.05) is 0 Å². The van der Waals surface area contributed by atoms with Crippen LogP contribution in [0.1, 0.15) is 29.2 Å². The van der Waals surface area contributed by atoms with Crippen LogP contribution in [0.15, 0.2) is 30.5 Å². The van der Waals surface area contributed by atoms with E-state index in [1.165, 1.54) is 40.0 Å². The fraction of sp³-hybridized carbons (Fsp3) is 0.333. The van der Waals surface area contributed by atoms with Crippen LogP contribution in [0.25, 0.3) is 0 Å². The number of amides is 2. The van der Waals surface area contributed by atoms with E-state index in [1.807, 2.05) is 0 Å². The second-order valence-electron chi connectivity index (χ2n) is 6.57. The second-order valence-corrected chi connectivity index (χ2v) is 6.57. The van der Waals surface area contributed by atoms with Crippen molar-refractivity contribution < 1.29 is 19.1 Å². The van der Waals surface area contributed by atoms with E-state index in [1.54, 1.807) is 0 Å². The van der Waals surface area contributed by atoms with Gasteiger partial charge in [-0.3, -0.25) is 9.48 Å². The Morgan fingerprint density at radius 3 is 2.71 bits per heavy atom. The normalized spacial score (nSPS) is 17.1. The van der Waals surface area contributed by atoms with Crippen LogP contribution < -0.4 is 11.1 Å². The third kappa shape index (κ3) is 4.03. The van der Waals surface area contributed by atoms with Crippen LogP contribution >= 0.6 is 0 Å². The van der Waals surface area contributed by atoms with E-state index in [2.05, 4.69) is 16.5 Å². The molecule has 0 spiro atoms. The molecule has 2 unspecified atom stereocenters. The molecule has 0 saturated carbocycles. The Balaban J connectivity index is 1.89. The van der Waals surface area contributed by atoms with E-state index in [0.717, 1.165) is 0 Å². The molecule has 9 nitrogen and oxygen atoms in total. The number of carbonyl (C=O) groups excluding carboxylic acids is 1. The molecule has 1 aromatic carbocycles. The molecule has 1 fully saturated rings. The highest BCUT2D eigenvalue weighted by Gasteiger charge is 2.34. The van der Waals surface area contributed by atoms with Crippen LogP contribution in [0.4, 0.5) is 20.7 Å². The number of anilines is 2. The number of carboxylic acid groups (broad SMARTS) is 1. The summed E-state index contributed by atoms with van der Waals surface area (Å²) in [6, 6.07) is 7.21. The van der Waals surface area contributed by atoms with Gasteiger partial charge < -0.3 is 21.1 Å². The standard InChI is InChI=1S/C18H19FN6O3/c19-12-1-3-13(4-2-12)22-17-14(16(21)26)10-25(23-17)15(5-7-20)11-6-8-24(9-11)18(27)28/h1-4,10-11,15H,5-6,8-9H2,(H2,21,26)(H,22,23)(H,27,28). The molecule has 2 atom stereocenters. The molecular formula is C18H19FN6O3. The van der Waals surface area contributed by atoms with Gasteiger partial charge in [0, 0.05) is 30.9 Å². The molecule has 1 aromatic heterocycles. The summed E-state index contributed by atoms with van der Waals surface area (Å²) in [6.45, 7) is 0.667. The third-order valence-electron chi connectivity index (χ3n) is 4.78. The minimum atomic E-state index is -1.00. The number of rotatable bonds is 6. The Morgan fingerprint density at radius 1 is 1.43 bits per heavy atom. The lowest BCUT2D eigenvalue weighted by Gasteiger charge is -2.21. The Kier molecular flexibility index (Phi) is 5.44. The molecule has 3 rings (SSSR count). The number of hydrogen-bond donors (Lipinski definition) is 3. The Bertz CT molecular complexity index is 920. The van der Waals surface area contributed by atoms with E-state index in [-0.39, 0.29) is 30.3 Å². The number of nitrogens with zero attached hydrogens (tertiary/aromatic N) is 4. The zero-order valence-corrected chi connectivity index (χ0v) is 14.9. The summed E-state index contributed by atoms with van der Waals surface area (Å²) in [6.07, 6.45) is 1.15. The maximum absolute atomic E-state index is 13.1. The first-order valence-electron chi connectivity index (χ1n) is 8.65. The lowest BCUT2D eigenvalue weighted by atomic mass is 9.97. The fourth-order valence-corrected chi connectivity index (χ4v) is 3.35. The summed E-state index contributed by atoms with van der Waals surface area (Å²) >= 11 is 0. The molecule has 0 bridgehead atoms. The predicted molar refractivity (Wildman–Crippen MR) is 97.4 cm³/mol. The molecule has 28 heavy (non-hydrogen) atoms. The quantitative estimate of drug-likeness (QED) is 0.697. The molecule has 2 heterocycles. The summed E-state index contributed by atoms with van der Waals surface area (Å²) in [5, 5.41) is 25.7. The number of nitrogens with two attached hydrogens (primary N) is 1. The Morgan fingerprint density at radius 2 is 2.14 bits per heavy atom. The van der Waals surface area contributed by atoms with Crippen LogP contribution in [0, 0.1) is 23.1 Å². The fourth-order valence-electron chi connectivity index (χ4n) is 3.35. The van der Waals surface area contributed by atoms with Gasteiger partial charge in [0.1, 0.15) is 11.4 Å². The van der Waals surface area contributed by atoms with Gasteiger partial charge in [-0.25, -0.2) is 9.18 Å². The van der Waals surface area contributed by atoms with E-state index in [0.29, 0.717) is 18.7 Å². The van der Waals surface area contributed by atoms with Crippen molar-refractivity contribution in [3.63, 3.8) is 0 Å². The minimum absolute atomic E-state index is 0.105. The van der Waals surface area contributed by atoms with Crippen molar-refractivity contribution >= 4 is 23.5 Å². The average molecular weight is 386 g/mol. The smallest absolute Gasteiger partial charge is 0.407 e. The van der Waals surface area contributed by atoms with Crippen LogP contribution in [-0.2, 0) is 0 Å². The molecule has 146 valence electrons. The monoisotopic (exact) mass is 386 g/mol. The van der Waals surface area contributed by atoms with Crippen LogP contribution in [0.5, 0.6) is 0 Å². The molecule has 10 heteroatoms. The molecule has 1 saturated heterocycles. The first-order chi connectivity index (χ1) is 13.4. The van der Waals surface area contributed by atoms with Crippen molar-refractivity contribution in [3.05, 3.63) is 41.8 Å². The predicted octanol–water partition coefficient (Wildman–Crippen LogP) is 2.32. The number of nitriles is 1. The SMILES string of the molecule is N#CCC(C1CCN(C(=O)O)C1)n1cc(C(N)=O)c(Nc2ccc(F)cc2)n1.